The van der Waals surface area contributed by atoms with Crippen LogP contribution in [0.5, 0.6) is 0 Å². The van der Waals surface area contributed by atoms with E-state index >= 15 is 0 Å². The molecule has 1 amide bonds. The van der Waals surface area contributed by atoms with Crippen molar-refractivity contribution in [3.8, 4) is 11.1 Å². The first-order valence-electron chi connectivity index (χ1n) is 8.33. The summed E-state index contributed by atoms with van der Waals surface area (Å²) in [5.74, 6) is -1.34. The molecule has 5 nitrogen and oxygen atoms in total. The highest BCUT2D eigenvalue weighted by molar-refractivity contribution is 6.00. The van der Waals surface area contributed by atoms with Crippen LogP contribution < -0.4 is 5.32 Å². The number of halogens is 3. The number of hydrogen-bond donors (Lipinski definition) is 2. The van der Waals surface area contributed by atoms with Crippen LogP contribution in [0, 0.1) is 6.92 Å². The van der Waals surface area contributed by atoms with Crippen molar-refractivity contribution in [2.75, 3.05) is 5.32 Å². The van der Waals surface area contributed by atoms with Crippen molar-refractivity contribution >= 4 is 17.7 Å². The Balaban J connectivity index is 2.46. The number of carboxylic acids is 1. The normalized spacial score (nSPS) is 11.8. The van der Waals surface area contributed by atoms with Crippen molar-refractivity contribution in [3.05, 3.63) is 53.1 Å². The van der Waals surface area contributed by atoms with Crippen LogP contribution in [0.15, 0.2) is 36.4 Å². The fourth-order valence-electron chi connectivity index (χ4n) is 2.52. The van der Waals surface area contributed by atoms with Crippen LogP contribution in [0.4, 0.5) is 23.7 Å². The number of nitrogens with one attached hydrogen (secondary N) is 1. The maximum Gasteiger partial charge on any atom is 0.416 e. The summed E-state index contributed by atoms with van der Waals surface area (Å²) < 4.78 is 44.1. The van der Waals surface area contributed by atoms with E-state index < -0.39 is 29.4 Å². The predicted octanol–water partition coefficient (Wildman–Crippen LogP) is 5.73. The van der Waals surface area contributed by atoms with Gasteiger partial charge in [0.1, 0.15) is 5.60 Å². The third-order valence-corrected chi connectivity index (χ3v) is 3.76. The zero-order valence-corrected chi connectivity index (χ0v) is 15.8. The van der Waals surface area contributed by atoms with E-state index in [4.69, 9.17) is 4.74 Å². The Kier molecular flexibility index (Phi) is 5.72. The molecule has 0 bridgehead atoms. The molecule has 0 atom stereocenters. The van der Waals surface area contributed by atoms with Gasteiger partial charge in [-0.15, -0.1) is 0 Å². The summed E-state index contributed by atoms with van der Waals surface area (Å²) >= 11 is 0. The maximum atomic E-state index is 13.0. The Morgan fingerprint density at radius 1 is 1.04 bits per heavy atom. The molecule has 2 aromatic carbocycles. The second kappa shape index (κ2) is 7.53. The molecular formula is C20H20F3NO4. The summed E-state index contributed by atoms with van der Waals surface area (Å²) in [6, 6.07) is 7.25. The lowest BCUT2D eigenvalue weighted by Crippen LogP contribution is -2.27. The lowest BCUT2D eigenvalue weighted by atomic mass is 9.96. The highest BCUT2D eigenvalue weighted by Crippen LogP contribution is 2.35. The van der Waals surface area contributed by atoms with Crippen LogP contribution >= 0.6 is 0 Å². The van der Waals surface area contributed by atoms with Crippen LogP contribution in [0.2, 0.25) is 0 Å². The summed E-state index contributed by atoms with van der Waals surface area (Å²) in [4.78, 5) is 23.5. The molecule has 0 saturated carbocycles. The first-order valence-corrected chi connectivity index (χ1v) is 8.33. The minimum absolute atomic E-state index is 0.0184. The van der Waals surface area contributed by atoms with Gasteiger partial charge in [-0.3, -0.25) is 5.32 Å². The van der Waals surface area contributed by atoms with E-state index in [0.717, 1.165) is 12.1 Å². The summed E-state index contributed by atoms with van der Waals surface area (Å²) in [5, 5.41) is 11.8. The van der Waals surface area contributed by atoms with Gasteiger partial charge in [0.25, 0.3) is 0 Å². The molecule has 2 N–H and O–H groups in total. The Hall–Kier alpha value is -3.03. The van der Waals surface area contributed by atoms with Crippen molar-refractivity contribution in [3.63, 3.8) is 0 Å². The topological polar surface area (TPSA) is 75.6 Å². The zero-order valence-electron chi connectivity index (χ0n) is 15.8. The second-order valence-electron chi connectivity index (χ2n) is 7.22. The number of aryl methyl sites for hydroxylation is 1. The van der Waals surface area contributed by atoms with E-state index in [9.17, 15) is 27.9 Å². The molecule has 0 aliphatic heterocycles. The van der Waals surface area contributed by atoms with Gasteiger partial charge in [-0.1, -0.05) is 12.1 Å². The van der Waals surface area contributed by atoms with Crippen molar-refractivity contribution in [1.82, 2.24) is 0 Å². The summed E-state index contributed by atoms with van der Waals surface area (Å²) in [7, 11) is 0. The highest BCUT2D eigenvalue weighted by Gasteiger charge is 2.31. The van der Waals surface area contributed by atoms with E-state index in [1.165, 1.54) is 24.3 Å². The summed E-state index contributed by atoms with van der Waals surface area (Å²) in [6.07, 6.45) is -5.35. The molecule has 8 heteroatoms. The van der Waals surface area contributed by atoms with Gasteiger partial charge in [-0.05, 0) is 68.7 Å². The lowest BCUT2D eigenvalue weighted by molar-refractivity contribution is -0.137. The average molecular weight is 395 g/mol. The fraction of sp³-hybridized carbons (Fsp3) is 0.300. The van der Waals surface area contributed by atoms with Gasteiger partial charge in [0.05, 0.1) is 16.8 Å². The van der Waals surface area contributed by atoms with Gasteiger partial charge in [-0.25, -0.2) is 9.59 Å². The smallest absolute Gasteiger partial charge is 0.416 e. The van der Waals surface area contributed by atoms with Crippen molar-refractivity contribution in [2.45, 2.75) is 39.5 Å². The van der Waals surface area contributed by atoms with Gasteiger partial charge in [-0.2, -0.15) is 13.2 Å². The molecule has 0 unspecified atom stereocenters. The predicted molar refractivity (Wildman–Crippen MR) is 98.4 cm³/mol. The molecule has 0 spiro atoms. The van der Waals surface area contributed by atoms with Gasteiger partial charge >= 0.3 is 18.2 Å². The highest BCUT2D eigenvalue weighted by atomic mass is 19.4. The molecule has 2 rings (SSSR count). The third kappa shape index (κ3) is 5.25. The number of aromatic carboxylic acids is 1. The molecule has 0 aliphatic rings. The number of alkyl halides is 3. The van der Waals surface area contributed by atoms with E-state index in [0.29, 0.717) is 5.56 Å². The number of anilines is 1. The monoisotopic (exact) mass is 395 g/mol. The number of amides is 1. The second-order valence-corrected chi connectivity index (χ2v) is 7.22. The fourth-order valence-corrected chi connectivity index (χ4v) is 2.52. The van der Waals surface area contributed by atoms with Gasteiger partial charge in [0, 0.05) is 0 Å². The van der Waals surface area contributed by atoms with Gasteiger partial charge in [0.2, 0.25) is 0 Å². The largest absolute Gasteiger partial charge is 0.478 e. The van der Waals surface area contributed by atoms with Crippen LogP contribution in [0.25, 0.3) is 11.1 Å². The number of hydrogen-bond acceptors (Lipinski definition) is 3. The zero-order chi connectivity index (χ0) is 21.3. The average Bonchev–Trinajstić information content (AvgIpc) is 2.52. The molecule has 28 heavy (non-hydrogen) atoms. The minimum atomic E-state index is -4.52. The number of benzene rings is 2. The molecule has 2 aromatic rings. The Labute approximate surface area is 160 Å². The molecule has 0 saturated heterocycles. The standard InChI is InChI=1S/C20H20F3NO4/c1-11-5-7-13(20(21,22)23)10-14(11)12-6-8-16(15(9-12)17(25)26)24-18(27)28-19(2,3)4/h5-10H,1-4H3,(H,24,27)(H,25,26). The Morgan fingerprint density at radius 2 is 1.68 bits per heavy atom. The minimum Gasteiger partial charge on any atom is -0.478 e. The summed E-state index contributed by atoms with van der Waals surface area (Å²) in [6.45, 7) is 6.60. The SMILES string of the molecule is Cc1ccc(C(F)(F)F)cc1-c1ccc(NC(=O)OC(C)(C)C)c(C(=O)O)c1. The third-order valence-electron chi connectivity index (χ3n) is 3.76. The van der Waals surface area contributed by atoms with Crippen molar-refractivity contribution < 1.29 is 32.6 Å². The van der Waals surface area contributed by atoms with Gasteiger partial charge < -0.3 is 9.84 Å². The van der Waals surface area contributed by atoms with Crippen LogP contribution in [-0.2, 0) is 10.9 Å². The molecule has 0 heterocycles. The maximum absolute atomic E-state index is 13.0. The first kappa shape index (κ1) is 21.3. The van der Waals surface area contributed by atoms with E-state index in [2.05, 4.69) is 5.32 Å². The molecule has 0 aromatic heterocycles. The van der Waals surface area contributed by atoms with Crippen molar-refractivity contribution in [2.24, 2.45) is 0 Å². The molecule has 0 fully saturated rings. The van der Waals surface area contributed by atoms with Gasteiger partial charge in [0.15, 0.2) is 0 Å². The van der Waals surface area contributed by atoms with E-state index in [1.807, 2.05) is 0 Å². The van der Waals surface area contributed by atoms with Crippen LogP contribution in [-0.4, -0.2) is 22.8 Å². The molecule has 0 radical (unpaired) electrons. The number of carboxylic acid groups (broad SMARTS) is 1. The number of carbonyl (C=O) groups excluding carboxylic acids is 1. The quantitative estimate of drug-likeness (QED) is 0.696. The van der Waals surface area contributed by atoms with Crippen LogP contribution in [0.1, 0.15) is 42.3 Å². The van der Waals surface area contributed by atoms with E-state index in [1.54, 1.807) is 27.7 Å². The first-order chi connectivity index (χ1) is 12.8. The molecule has 150 valence electrons. The lowest BCUT2D eigenvalue weighted by Gasteiger charge is -2.20. The Morgan fingerprint density at radius 3 is 2.21 bits per heavy atom. The summed E-state index contributed by atoms with van der Waals surface area (Å²) in [5.41, 5.74) is -0.798. The number of ether oxygens (including phenoxy) is 1. The van der Waals surface area contributed by atoms with Crippen LogP contribution in [0.3, 0.4) is 0 Å². The number of rotatable bonds is 3. The van der Waals surface area contributed by atoms with E-state index in [-0.39, 0.29) is 22.4 Å². The van der Waals surface area contributed by atoms with Crippen molar-refractivity contribution in [1.29, 1.82) is 0 Å². The molecular weight excluding hydrogens is 375 g/mol. The molecule has 0 aliphatic carbocycles. The number of carbonyl (C=O) groups is 2. The Bertz CT molecular complexity index is 915.